The molecule has 4 rings (SSSR count). The Kier molecular flexibility index (Phi) is 7.95. The molecule has 0 fully saturated rings. The third-order valence-electron chi connectivity index (χ3n) is 5.29. The maximum Gasteiger partial charge on any atom is 0.220 e. The summed E-state index contributed by atoms with van der Waals surface area (Å²) in [5.74, 6) is 1.19. The summed E-state index contributed by atoms with van der Waals surface area (Å²) >= 11 is 13.7. The molecule has 0 unspecified atom stereocenters. The summed E-state index contributed by atoms with van der Waals surface area (Å²) < 4.78 is 7.74. The topological polar surface area (TPSA) is 83.1 Å². The van der Waals surface area contributed by atoms with Crippen molar-refractivity contribution < 1.29 is 9.66 Å². The van der Waals surface area contributed by atoms with Gasteiger partial charge in [0.1, 0.15) is 23.4 Å². The van der Waals surface area contributed by atoms with Crippen molar-refractivity contribution in [3.05, 3.63) is 109 Å². The number of hydrogen-bond donors (Lipinski definition) is 0. The molecule has 4 aromatic rings. The highest BCUT2D eigenvalue weighted by molar-refractivity contribution is 7.99. The van der Waals surface area contributed by atoms with Crippen LogP contribution in [-0.4, -0.2) is 26.2 Å². The molecule has 0 radical (unpaired) electrons. The number of nitro groups is 1. The van der Waals surface area contributed by atoms with Gasteiger partial charge in [0.05, 0.1) is 5.02 Å². The van der Waals surface area contributed by atoms with Gasteiger partial charge in [-0.3, -0.25) is 14.7 Å². The van der Waals surface area contributed by atoms with Crippen LogP contribution in [0.2, 0.25) is 10.0 Å². The van der Waals surface area contributed by atoms with Crippen molar-refractivity contribution >= 4 is 35.0 Å². The minimum Gasteiger partial charge on any atom is -0.487 e. The van der Waals surface area contributed by atoms with Gasteiger partial charge in [0, 0.05) is 15.6 Å². The molecule has 7 nitrogen and oxygen atoms in total. The molecule has 0 spiro atoms. The molecule has 0 aliphatic heterocycles. The van der Waals surface area contributed by atoms with E-state index in [1.165, 1.54) is 11.8 Å². The Hall–Kier alpha value is -3.07. The van der Waals surface area contributed by atoms with E-state index in [9.17, 15) is 10.1 Å². The first-order chi connectivity index (χ1) is 16.8. The van der Waals surface area contributed by atoms with Crippen molar-refractivity contribution in [1.82, 2.24) is 14.8 Å². The minimum absolute atomic E-state index is 0.300. The highest BCUT2D eigenvalue weighted by atomic mass is 35.5. The van der Waals surface area contributed by atoms with Crippen molar-refractivity contribution in [1.29, 1.82) is 0 Å². The third-order valence-corrected chi connectivity index (χ3v) is 7.01. The van der Waals surface area contributed by atoms with Gasteiger partial charge in [0.2, 0.25) is 6.54 Å². The van der Waals surface area contributed by atoms with Gasteiger partial charge in [-0.05, 0) is 61.4 Å². The van der Waals surface area contributed by atoms with Crippen molar-refractivity contribution in [2.45, 2.75) is 30.9 Å². The quantitative estimate of drug-likeness (QED) is 0.134. The molecular formula is C25H22Cl2N4O3S. The fourth-order valence-corrected chi connectivity index (χ4v) is 4.99. The zero-order chi connectivity index (χ0) is 24.9. The lowest BCUT2D eigenvalue weighted by Gasteiger charge is -2.16. The minimum atomic E-state index is -0.527. The van der Waals surface area contributed by atoms with Crippen LogP contribution in [0.1, 0.15) is 27.8 Å². The maximum absolute atomic E-state index is 11.5. The Morgan fingerprint density at radius 1 is 1.03 bits per heavy atom. The van der Waals surface area contributed by atoms with Crippen LogP contribution in [0.4, 0.5) is 0 Å². The highest BCUT2D eigenvalue weighted by Crippen LogP contribution is 2.38. The van der Waals surface area contributed by atoms with Crippen molar-refractivity contribution in [3.8, 4) is 11.4 Å². The van der Waals surface area contributed by atoms with Gasteiger partial charge in [0.15, 0.2) is 5.16 Å². The normalized spacial score (nSPS) is 11.9. The van der Waals surface area contributed by atoms with E-state index < -0.39 is 5.25 Å². The fraction of sp³-hybridized carbons (Fsp3) is 0.200. The second kappa shape index (κ2) is 11.1. The average molecular weight is 529 g/mol. The summed E-state index contributed by atoms with van der Waals surface area (Å²) in [6.07, 6.45) is 0. The number of ether oxygens (including phenoxy) is 1. The molecule has 0 aliphatic rings. The molecule has 0 aliphatic carbocycles. The van der Waals surface area contributed by atoms with Crippen LogP contribution in [0.15, 0.2) is 71.9 Å². The standard InChI is InChI=1S/C25H22Cl2N4O3S/c1-16-3-10-21(11-4-16)31-17(2)28-29-25(31)35-24(14-30(32)33)19-7-12-23(22(27)13-19)34-15-18-5-8-20(26)9-6-18/h3-13,24H,14-15H2,1-2H3/t24-/m1/s1. The van der Waals surface area contributed by atoms with E-state index in [1.807, 2.05) is 54.8 Å². The molecule has 0 bridgehead atoms. The second-order valence-electron chi connectivity index (χ2n) is 7.93. The number of benzene rings is 3. The van der Waals surface area contributed by atoms with E-state index in [2.05, 4.69) is 10.2 Å². The molecule has 10 heteroatoms. The first-order valence-electron chi connectivity index (χ1n) is 10.7. The van der Waals surface area contributed by atoms with Crippen LogP contribution in [0, 0.1) is 24.0 Å². The van der Waals surface area contributed by atoms with E-state index in [1.54, 1.807) is 30.3 Å². The molecule has 0 saturated heterocycles. The van der Waals surface area contributed by atoms with E-state index >= 15 is 0 Å². The van der Waals surface area contributed by atoms with Crippen LogP contribution in [0.25, 0.3) is 5.69 Å². The molecular weight excluding hydrogens is 507 g/mol. The smallest absolute Gasteiger partial charge is 0.220 e. The molecule has 1 heterocycles. The van der Waals surface area contributed by atoms with Gasteiger partial charge in [-0.15, -0.1) is 10.2 Å². The fourth-order valence-electron chi connectivity index (χ4n) is 3.46. The number of aryl methyl sites for hydroxylation is 2. The Morgan fingerprint density at radius 2 is 1.74 bits per heavy atom. The van der Waals surface area contributed by atoms with E-state index in [0.29, 0.717) is 38.9 Å². The number of nitrogens with zero attached hydrogens (tertiary/aromatic N) is 4. The number of halogens is 2. The lowest BCUT2D eigenvalue weighted by molar-refractivity contribution is -0.479. The molecule has 1 atom stereocenters. The zero-order valence-corrected chi connectivity index (χ0v) is 21.3. The second-order valence-corrected chi connectivity index (χ2v) is 9.94. The van der Waals surface area contributed by atoms with E-state index in [4.69, 9.17) is 27.9 Å². The largest absolute Gasteiger partial charge is 0.487 e. The zero-order valence-electron chi connectivity index (χ0n) is 19.0. The molecule has 3 aromatic carbocycles. The summed E-state index contributed by atoms with van der Waals surface area (Å²) in [7, 11) is 0. The predicted octanol–water partition coefficient (Wildman–Crippen LogP) is 6.88. The molecule has 180 valence electrons. The summed E-state index contributed by atoms with van der Waals surface area (Å²) in [4.78, 5) is 11.2. The van der Waals surface area contributed by atoms with Crippen molar-refractivity contribution in [3.63, 3.8) is 0 Å². The summed E-state index contributed by atoms with van der Waals surface area (Å²) in [5.41, 5.74) is 3.67. The average Bonchev–Trinajstić information content (AvgIpc) is 3.19. The van der Waals surface area contributed by atoms with Gasteiger partial charge in [-0.25, -0.2) is 0 Å². The Labute approximate surface area is 217 Å². The summed E-state index contributed by atoms with van der Waals surface area (Å²) in [6, 6.07) is 20.5. The third kappa shape index (κ3) is 6.33. The first kappa shape index (κ1) is 25.0. The van der Waals surface area contributed by atoms with Gasteiger partial charge >= 0.3 is 0 Å². The van der Waals surface area contributed by atoms with Crippen LogP contribution in [0.5, 0.6) is 5.75 Å². The molecule has 0 amide bonds. The van der Waals surface area contributed by atoms with Crippen molar-refractivity contribution in [2.24, 2.45) is 0 Å². The van der Waals surface area contributed by atoms with Crippen LogP contribution in [0.3, 0.4) is 0 Å². The highest BCUT2D eigenvalue weighted by Gasteiger charge is 2.24. The molecule has 1 aromatic heterocycles. The van der Waals surface area contributed by atoms with Crippen LogP contribution in [-0.2, 0) is 6.61 Å². The Balaban J connectivity index is 1.56. The van der Waals surface area contributed by atoms with E-state index in [0.717, 1.165) is 16.8 Å². The Bertz CT molecular complexity index is 1330. The number of thioether (sulfide) groups is 1. The van der Waals surface area contributed by atoms with Gasteiger partial charge in [-0.1, -0.05) is 70.9 Å². The van der Waals surface area contributed by atoms with Gasteiger partial charge in [0.25, 0.3) is 0 Å². The number of hydrogen-bond acceptors (Lipinski definition) is 6. The van der Waals surface area contributed by atoms with Crippen LogP contribution >= 0.6 is 35.0 Å². The van der Waals surface area contributed by atoms with Crippen molar-refractivity contribution in [2.75, 3.05) is 6.54 Å². The van der Waals surface area contributed by atoms with Crippen LogP contribution < -0.4 is 4.74 Å². The number of aromatic nitrogens is 3. The maximum atomic E-state index is 11.5. The van der Waals surface area contributed by atoms with Gasteiger partial charge in [-0.2, -0.15) is 0 Å². The Morgan fingerprint density at radius 3 is 2.40 bits per heavy atom. The molecule has 0 N–H and O–H groups in total. The summed E-state index contributed by atoms with van der Waals surface area (Å²) in [6.45, 7) is 3.88. The molecule has 35 heavy (non-hydrogen) atoms. The SMILES string of the molecule is Cc1ccc(-n2c(C)nnc2S[C@H](C[N+](=O)[O-])c2ccc(OCc3ccc(Cl)cc3)c(Cl)c2)cc1. The van der Waals surface area contributed by atoms with E-state index in [-0.39, 0.29) is 11.5 Å². The molecule has 0 saturated carbocycles. The lowest BCUT2D eigenvalue weighted by Crippen LogP contribution is -2.11. The monoisotopic (exact) mass is 528 g/mol. The summed E-state index contributed by atoms with van der Waals surface area (Å²) in [5, 5.41) is 21.0. The number of rotatable bonds is 9. The predicted molar refractivity (Wildman–Crippen MR) is 139 cm³/mol. The lowest BCUT2D eigenvalue weighted by atomic mass is 10.1. The first-order valence-corrected chi connectivity index (χ1v) is 12.4. The van der Waals surface area contributed by atoms with Gasteiger partial charge < -0.3 is 4.74 Å².